The van der Waals surface area contributed by atoms with E-state index in [0.717, 1.165) is 74.6 Å². The molecule has 2 aliphatic rings. The van der Waals surface area contributed by atoms with Gasteiger partial charge in [0.1, 0.15) is 11.9 Å². The highest BCUT2D eigenvalue weighted by molar-refractivity contribution is 5.93. The number of ether oxygens (including phenoxy) is 1. The van der Waals surface area contributed by atoms with Crippen molar-refractivity contribution >= 4 is 22.4 Å². The van der Waals surface area contributed by atoms with Crippen LogP contribution in [0.2, 0.25) is 0 Å². The topological polar surface area (TPSA) is 85.4 Å². The van der Waals surface area contributed by atoms with Crippen molar-refractivity contribution in [2.75, 3.05) is 63.2 Å². The summed E-state index contributed by atoms with van der Waals surface area (Å²) in [6.07, 6.45) is 2.85. The Morgan fingerprint density at radius 2 is 1.94 bits per heavy atom. The molecule has 4 heterocycles. The Morgan fingerprint density at radius 3 is 2.73 bits per heavy atom. The number of nitrogens with one attached hydrogen (secondary N) is 2. The summed E-state index contributed by atoms with van der Waals surface area (Å²) in [5, 5.41) is 12.0. The molecule has 2 aliphatic heterocycles. The molecule has 0 bridgehead atoms. The Bertz CT molecular complexity index is 1120. The number of rotatable bonds is 6. The van der Waals surface area contributed by atoms with E-state index in [0.29, 0.717) is 6.01 Å². The molecule has 1 saturated heterocycles. The quantitative estimate of drug-likeness (QED) is 0.590. The number of H-pyrrole nitrogens is 1. The van der Waals surface area contributed by atoms with Crippen LogP contribution in [-0.2, 0) is 13.0 Å². The Hall–Kier alpha value is -2.91. The number of hydrogen-bond acceptors (Lipinski definition) is 8. The van der Waals surface area contributed by atoms with Crippen molar-refractivity contribution in [2.24, 2.45) is 0 Å². The number of aromatic nitrogens is 4. The Labute approximate surface area is 195 Å². The van der Waals surface area contributed by atoms with Gasteiger partial charge in [-0.2, -0.15) is 15.1 Å². The van der Waals surface area contributed by atoms with Crippen LogP contribution in [0.5, 0.6) is 6.01 Å². The zero-order chi connectivity index (χ0) is 22.9. The van der Waals surface area contributed by atoms with E-state index in [-0.39, 0.29) is 6.10 Å². The van der Waals surface area contributed by atoms with Crippen molar-refractivity contribution in [1.29, 1.82) is 0 Å². The highest BCUT2D eigenvalue weighted by Crippen LogP contribution is 2.35. The van der Waals surface area contributed by atoms with Crippen LogP contribution in [0.25, 0.3) is 10.9 Å². The zero-order valence-corrected chi connectivity index (χ0v) is 20.1. The first kappa shape index (κ1) is 21.9. The molecule has 2 aromatic heterocycles. The number of aryl methyl sites for hydroxylation is 1. The summed E-state index contributed by atoms with van der Waals surface area (Å²) in [7, 11) is 4.10. The number of fused-ring (bicyclic) bond motifs is 2. The van der Waals surface area contributed by atoms with Crippen LogP contribution >= 0.6 is 0 Å². The fraction of sp³-hybridized carbons (Fsp3) is 0.542. The van der Waals surface area contributed by atoms with Gasteiger partial charge in [0, 0.05) is 50.2 Å². The number of hydrogen-bond donors (Lipinski definition) is 2. The van der Waals surface area contributed by atoms with Gasteiger partial charge in [-0.3, -0.25) is 5.10 Å². The molecule has 0 aliphatic carbocycles. The van der Waals surface area contributed by atoms with E-state index >= 15 is 0 Å². The third kappa shape index (κ3) is 4.47. The van der Waals surface area contributed by atoms with Gasteiger partial charge >= 0.3 is 6.01 Å². The summed E-state index contributed by atoms with van der Waals surface area (Å²) in [5.41, 5.74) is 5.87. The zero-order valence-electron chi connectivity index (χ0n) is 20.1. The molecular formula is C24H34N8O. The molecule has 1 atom stereocenters. The molecular weight excluding hydrogens is 416 g/mol. The summed E-state index contributed by atoms with van der Waals surface area (Å²) in [6, 6.07) is 4.74. The fourth-order valence-electron chi connectivity index (χ4n) is 5.03. The number of nitrogens with zero attached hydrogens (tertiary/aromatic N) is 6. The van der Waals surface area contributed by atoms with Crippen LogP contribution in [0.15, 0.2) is 18.3 Å². The van der Waals surface area contributed by atoms with Gasteiger partial charge in [-0.05, 0) is 46.0 Å². The number of piperazine rings is 1. The van der Waals surface area contributed by atoms with E-state index in [4.69, 9.17) is 14.7 Å². The molecule has 2 N–H and O–H groups in total. The van der Waals surface area contributed by atoms with Crippen molar-refractivity contribution in [3.05, 3.63) is 35.2 Å². The average molecular weight is 451 g/mol. The maximum atomic E-state index is 6.21. The van der Waals surface area contributed by atoms with E-state index in [2.05, 4.69) is 70.3 Å². The van der Waals surface area contributed by atoms with Crippen LogP contribution in [0.3, 0.4) is 0 Å². The minimum Gasteiger partial charge on any atom is -0.459 e. The van der Waals surface area contributed by atoms with Crippen LogP contribution in [0, 0.1) is 6.92 Å². The van der Waals surface area contributed by atoms with E-state index in [1.165, 1.54) is 16.8 Å². The Kier molecular flexibility index (Phi) is 6.07. The fourth-order valence-corrected chi connectivity index (χ4v) is 5.03. The molecule has 1 unspecified atom stereocenters. The monoisotopic (exact) mass is 450 g/mol. The lowest BCUT2D eigenvalue weighted by atomic mass is 10.0. The lowest BCUT2D eigenvalue weighted by Crippen LogP contribution is -2.45. The molecule has 9 heteroatoms. The van der Waals surface area contributed by atoms with Gasteiger partial charge in [-0.25, -0.2) is 0 Å². The second-order valence-electron chi connectivity index (χ2n) is 9.42. The summed E-state index contributed by atoms with van der Waals surface area (Å²) in [6.45, 7) is 10.6. The number of likely N-dealkylation sites (N-methyl/N-ethyl adjacent to an activating group) is 1. The lowest BCUT2D eigenvalue weighted by molar-refractivity contribution is 0.163. The highest BCUT2D eigenvalue weighted by Gasteiger charge is 2.28. The van der Waals surface area contributed by atoms with Crippen LogP contribution in [0.4, 0.5) is 11.5 Å². The molecule has 1 fully saturated rings. The molecule has 0 spiro atoms. The van der Waals surface area contributed by atoms with Crippen molar-refractivity contribution in [1.82, 2.24) is 30.4 Å². The maximum absolute atomic E-state index is 6.21. The van der Waals surface area contributed by atoms with Gasteiger partial charge in [0.25, 0.3) is 0 Å². The van der Waals surface area contributed by atoms with Crippen molar-refractivity contribution in [3.8, 4) is 6.01 Å². The van der Waals surface area contributed by atoms with Crippen molar-refractivity contribution in [3.63, 3.8) is 0 Å². The first-order chi connectivity index (χ1) is 16.0. The number of anilines is 2. The van der Waals surface area contributed by atoms with Gasteiger partial charge in [0.05, 0.1) is 29.6 Å². The largest absolute Gasteiger partial charge is 0.459 e. The number of benzene rings is 1. The van der Waals surface area contributed by atoms with Gasteiger partial charge in [0.2, 0.25) is 0 Å². The van der Waals surface area contributed by atoms with E-state index in [1.807, 2.05) is 6.20 Å². The second kappa shape index (κ2) is 9.15. The Balaban J connectivity index is 1.51. The smallest absolute Gasteiger partial charge is 0.318 e. The Morgan fingerprint density at radius 1 is 1.12 bits per heavy atom. The predicted octanol–water partition coefficient (Wildman–Crippen LogP) is 1.96. The summed E-state index contributed by atoms with van der Waals surface area (Å²) in [4.78, 5) is 16.8. The standard InChI is InChI=1S/C24H34N8O/c1-16-5-6-20-19(13-26-29-20)22(16)32-10-7-18-21(15-32)27-24(33-17(2)14-30(3)4)28-23(18)31-11-8-25-9-12-31/h5-6,13,17,25H,7-12,14-15H2,1-4H3,(H,26,29). The van der Waals surface area contributed by atoms with E-state index < -0.39 is 0 Å². The first-order valence-corrected chi connectivity index (χ1v) is 11.8. The van der Waals surface area contributed by atoms with E-state index in [1.54, 1.807) is 0 Å². The molecule has 33 heavy (non-hydrogen) atoms. The SMILES string of the molecule is Cc1ccc2[nH]ncc2c1N1CCc2c(nc(OC(C)CN(C)C)nc2N2CCNCC2)C1. The molecule has 9 nitrogen and oxygen atoms in total. The van der Waals surface area contributed by atoms with Crippen molar-refractivity contribution in [2.45, 2.75) is 32.9 Å². The minimum atomic E-state index is 0.00976. The maximum Gasteiger partial charge on any atom is 0.318 e. The second-order valence-corrected chi connectivity index (χ2v) is 9.42. The summed E-state index contributed by atoms with van der Waals surface area (Å²) in [5.74, 6) is 1.05. The van der Waals surface area contributed by atoms with Gasteiger partial charge in [-0.1, -0.05) is 6.07 Å². The summed E-state index contributed by atoms with van der Waals surface area (Å²) >= 11 is 0. The molecule has 0 saturated carbocycles. The van der Waals surface area contributed by atoms with Crippen LogP contribution in [-0.4, -0.2) is 84.5 Å². The summed E-state index contributed by atoms with van der Waals surface area (Å²) < 4.78 is 6.21. The van der Waals surface area contributed by atoms with Crippen molar-refractivity contribution < 1.29 is 4.74 Å². The van der Waals surface area contributed by atoms with E-state index in [9.17, 15) is 0 Å². The third-order valence-corrected chi connectivity index (χ3v) is 6.48. The molecule has 0 radical (unpaired) electrons. The lowest BCUT2D eigenvalue weighted by Gasteiger charge is -2.36. The number of aromatic amines is 1. The predicted molar refractivity (Wildman–Crippen MR) is 131 cm³/mol. The normalized spacial score (nSPS) is 17.5. The highest BCUT2D eigenvalue weighted by atomic mass is 16.5. The molecule has 5 rings (SSSR count). The molecule has 3 aromatic rings. The van der Waals surface area contributed by atoms with Gasteiger partial charge < -0.3 is 24.8 Å². The molecule has 0 amide bonds. The van der Waals surface area contributed by atoms with Crippen LogP contribution < -0.4 is 19.9 Å². The third-order valence-electron chi connectivity index (χ3n) is 6.48. The molecule has 176 valence electrons. The first-order valence-electron chi connectivity index (χ1n) is 11.8. The molecule has 1 aromatic carbocycles. The minimum absolute atomic E-state index is 0.00976. The van der Waals surface area contributed by atoms with Crippen LogP contribution in [0.1, 0.15) is 23.7 Å². The van der Waals surface area contributed by atoms with Gasteiger partial charge in [0.15, 0.2) is 0 Å². The van der Waals surface area contributed by atoms with Gasteiger partial charge in [-0.15, -0.1) is 0 Å². The average Bonchev–Trinajstić information content (AvgIpc) is 3.27.